The Kier molecular flexibility index (Phi) is 5.42. The maximum absolute atomic E-state index is 12.4. The van der Waals surface area contributed by atoms with Crippen LogP contribution in [0.2, 0.25) is 0 Å². The molecule has 0 spiro atoms. The Morgan fingerprint density at radius 3 is 2.70 bits per heavy atom. The Balaban J connectivity index is 2.10. The van der Waals surface area contributed by atoms with Crippen LogP contribution in [0.3, 0.4) is 0 Å². The van der Waals surface area contributed by atoms with E-state index < -0.39 is 5.54 Å². The molecule has 0 bridgehead atoms. The van der Waals surface area contributed by atoms with Gasteiger partial charge in [-0.2, -0.15) is 0 Å². The van der Waals surface area contributed by atoms with Crippen molar-refractivity contribution in [3.8, 4) is 0 Å². The smallest absolute Gasteiger partial charge is 0.252 e. The number of hydrogen-bond acceptors (Lipinski definition) is 3. The van der Waals surface area contributed by atoms with Crippen molar-refractivity contribution in [1.29, 1.82) is 0 Å². The monoisotopic (exact) mass is 422 g/mol. The van der Waals surface area contributed by atoms with Crippen LogP contribution in [0.5, 0.6) is 0 Å². The first-order valence-corrected chi connectivity index (χ1v) is 9.20. The van der Waals surface area contributed by atoms with Crippen molar-refractivity contribution in [2.45, 2.75) is 44.6 Å². The van der Waals surface area contributed by atoms with Crippen molar-refractivity contribution >= 4 is 57.0 Å². The van der Waals surface area contributed by atoms with E-state index in [-0.39, 0.29) is 5.91 Å². The fraction of sp³-hybridized carbons (Fsp3) is 0.571. The van der Waals surface area contributed by atoms with Crippen LogP contribution < -0.4 is 11.1 Å². The number of rotatable bonds is 4. The predicted molar refractivity (Wildman–Crippen MR) is 96.3 cm³/mol. The summed E-state index contributed by atoms with van der Waals surface area (Å²) in [4.78, 5) is 12.8. The van der Waals surface area contributed by atoms with Crippen molar-refractivity contribution in [3.63, 3.8) is 0 Å². The number of carbonyl (C=O) groups excluding carboxylic acids is 1. The first-order chi connectivity index (χ1) is 9.47. The van der Waals surface area contributed by atoms with Crippen molar-refractivity contribution in [2.24, 2.45) is 11.7 Å². The van der Waals surface area contributed by atoms with Gasteiger partial charge in [-0.1, -0.05) is 25.6 Å². The van der Waals surface area contributed by atoms with Gasteiger partial charge in [-0.15, -0.1) is 11.3 Å². The average Bonchev–Trinajstić information content (AvgIpc) is 2.86. The van der Waals surface area contributed by atoms with Crippen LogP contribution in [-0.2, 0) is 0 Å². The topological polar surface area (TPSA) is 55.1 Å². The second-order valence-corrected chi connectivity index (χ2v) is 8.64. The summed E-state index contributed by atoms with van der Waals surface area (Å²) in [7, 11) is 0. The minimum atomic E-state index is -0.495. The third-order valence-electron chi connectivity index (χ3n) is 4.19. The first kappa shape index (κ1) is 16.2. The summed E-state index contributed by atoms with van der Waals surface area (Å²) in [5.74, 6) is 0.670. The zero-order valence-corrected chi connectivity index (χ0v) is 15.2. The number of thiophene rings is 1. The van der Waals surface area contributed by atoms with Gasteiger partial charge < -0.3 is 11.1 Å². The van der Waals surface area contributed by atoms with Crippen LogP contribution in [0, 0.1) is 8.80 Å². The van der Waals surface area contributed by atoms with Gasteiger partial charge in [0.25, 0.3) is 5.91 Å². The van der Waals surface area contributed by atoms with Gasteiger partial charge in [0.2, 0.25) is 0 Å². The van der Waals surface area contributed by atoms with Gasteiger partial charge >= 0.3 is 0 Å². The lowest BCUT2D eigenvalue weighted by Gasteiger charge is -2.39. The Bertz CT molecular complexity index is 507. The molecule has 1 aliphatic carbocycles. The molecule has 0 saturated heterocycles. The van der Waals surface area contributed by atoms with Gasteiger partial charge in [0.1, 0.15) is 0 Å². The van der Waals surface area contributed by atoms with E-state index in [4.69, 9.17) is 18.0 Å². The Hall–Kier alpha value is -0.210. The maximum Gasteiger partial charge on any atom is 0.252 e. The van der Waals surface area contributed by atoms with Crippen LogP contribution in [0.4, 0.5) is 0 Å². The number of halogens is 1. The SMILES string of the molecule is CCC1CCC(NC(=O)c2csc(I)c2)(C(N)=S)CC1. The van der Waals surface area contributed by atoms with Crippen molar-refractivity contribution in [1.82, 2.24) is 5.32 Å². The molecular weight excluding hydrogens is 403 g/mol. The summed E-state index contributed by atoms with van der Waals surface area (Å²) in [5.41, 5.74) is 6.15. The molecule has 20 heavy (non-hydrogen) atoms. The minimum Gasteiger partial charge on any atom is -0.391 e. The van der Waals surface area contributed by atoms with E-state index in [0.717, 1.165) is 34.5 Å². The fourth-order valence-corrected chi connectivity index (χ4v) is 4.31. The quantitative estimate of drug-likeness (QED) is 0.575. The van der Waals surface area contributed by atoms with E-state index in [9.17, 15) is 4.79 Å². The van der Waals surface area contributed by atoms with Gasteiger partial charge in [-0.25, -0.2) is 0 Å². The second kappa shape index (κ2) is 6.70. The number of nitrogens with two attached hydrogens (primary N) is 1. The molecule has 0 aliphatic heterocycles. The lowest BCUT2D eigenvalue weighted by atomic mass is 9.75. The second-order valence-electron chi connectivity index (χ2n) is 5.39. The number of hydrogen-bond donors (Lipinski definition) is 2. The molecule has 1 amide bonds. The minimum absolute atomic E-state index is 0.0630. The average molecular weight is 422 g/mol. The molecule has 1 aliphatic rings. The highest BCUT2D eigenvalue weighted by molar-refractivity contribution is 14.1. The number of nitrogens with one attached hydrogen (secondary N) is 1. The normalized spacial score (nSPS) is 26.2. The summed E-state index contributed by atoms with van der Waals surface area (Å²) < 4.78 is 1.10. The Labute approximate surface area is 142 Å². The third-order valence-corrected chi connectivity index (χ3v) is 6.37. The first-order valence-electron chi connectivity index (χ1n) is 6.83. The molecule has 3 nitrogen and oxygen atoms in total. The maximum atomic E-state index is 12.4. The Morgan fingerprint density at radius 1 is 1.60 bits per heavy atom. The molecule has 1 fully saturated rings. The van der Waals surface area contributed by atoms with Gasteiger partial charge in [-0.05, 0) is 60.3 Å². The lowest BCUT2D eigenvalue weighted by molar-refractivity contribution is 0.0899. The summed E-state index contributed by atoms with van der Waals surface area (Å²) in [6.45, 7) is 2.21. The highest BCUT2D eigenvalue weighted by Gasteiger charge is 2.39. The number of carbonyl (C=O) groups is 1. The summed E-state index contributed by atoms with van der Waals surface area (Å²) in [6.07, 6.45) is 5.05. The van der Waals surface area contributed by atoms with Crippen molar-refractivity contribution in [2.75, 3.05) is 0 Å². The molecule has 0 aromatic carbocycles. The van der Waals surface area contributed by atoms with Crippen LogP contribution >= 0.6 is 46.1 Å². The molecule has 0 unspecified atom stereocenters. The molecule has 1 saturated carbocycles. The van der Waals surface area contributed by atoms with E-state index in [1.165, 1.54) is 6.42 Å². The van der Waals surface area contributed by atoms with Crippen LogP contribution in [-0.4, -0.2) is 16.4 Å². The third kappa shape index (κ3) is 3.51. The molecule has 1 aromatic heterocycles. The van der Waals surface area contributed by atoms with E-state index >= 15 is 0 Å². The van der Waals surface area contributed by atoms with E-state index in [1.54, 1.807) is 11.3 Å². The molecule has 3 N–H and O–H groups in total. The highest BCUT2D eigenvalue weighted by atomic mass is 127. The molecule has 0 atom stereocenters. The molecule has 110 valence electrons. The lowest BCUT2D eigenvalue weighted by Crippen LogP contribution is -2.58. The Morgan fingerprint density at radius 2 is 2.25 bits per heavy atom. The molecule has 0 radical (unpaired) electrons. The zero-order chi connectivity index (χ0) is 14.8. The van der Waals surface area contributed by atoms with Gasteiger partial charge in [-0.3, -0.25) is 4.79 Å². The molecule has 6 heteroatoms. The van der Waals surface area contributed by atoms with Crippen LogP contribution in [0.1, 0.15) is 49.4 Å². The molecule has 1 aromatic rings. The van der Waals surface area contributed by atoms with Gasteiger partial charge in [0.05, 0.1) is 19.0 Å². The van der Waals surface area contributed by atoms with Gasteiger partial charge in [0, 0.05) is 5.38 Å². The largest absolute Gasteiger partial charge is 0.391 e. The van der Waals surface area contributed by atoms with Crippen LogP contribution in [0.15, 0.2) is 11.4 Å². The molecular formula is C14H19IN2OS2. The number of amides is 1. The summed E-state index contributed by atoms with van der Waals surface area (Å²) >= 11 is 9.03. The predicted octanol–water partition coefficient (Wildman–Crippen LogP) is 3.71. The van der Waals surface area contributed by atoms with Gasteiger partial charge in [0.15, 0.2) is 0 Å². The van der Waals surface area contributed by atoms with Crippen LogP contribution in [0.25, 0.3) is 0 Å². The zero-order valence-electron chi connectivity index (χ0n) is 11.4. The highest BCUT2D eigenvalue weighted by Crippen LogP contribution is 2.34. The number of thiocarbonyl (C=S) groups is 1. The molecule has 1 heterocycles. The summed E-state index contributed by atoms with van der Waals surface area (Å²) in [6, 6.07) is 1.89. The van der Waals surface area contributed by atoms with Crippen molar-refractivity contribution in [3.05, 3.63) is 19.9 Å². The molecule has 2 rings (SSSR count). The van der Waals surface area contributed by atoms with E-state index in [0.29, 0.717) is 10.6 Å². The standard InChI is InChI=1S/C14H19IN2OS2/c1-2-9-3-5-14(6-4-9,13(16)19)17-12(18)10-7-11(15)20-8-10/h7-9H,2-6H2,1H3,(H2,16,19)(H,17,18). The van der Waals surface area contributed by atoms with E-state index in [1.807, 2.05) is 11.4 Å². The fourth-order valence-electron chi connectivity index (χ4n) is 2.73. The van der Waals surface area contributed by atoms with Crippen molar-refractivity contribution < 1.29 is 4.79 Å². The summed E-state index contributed by atoms with van der Waals surface area (Å²) in [5, 5.41) is 4.98. The van der Waals surface area contributed by atoms with E-state index in [2.05, 4.69) is 34.8 Å².